The molecule has 1 aliphatic rings. The fraction of sp³-hybridized carbons (Fsp3) is 0.560. The first-order valence-electron chi connectivity index (χ1n) is 11.3. The van der Waals surface area contributed by atoms with Gasteiger partial charge in [0.25, 0.3) is 0 Å². The first kappa shape index (κ1) is 26.9. The second kappa shape index (κ2) is 12.8. The summed E-state index contributed by atoms with van der Waals surface area (Å²) in [4.78, 5) is 11.2. The maximum absolute atomic E-state index is 12.8. The Morgan fingerprint density at radius 2 is 2.03 bits per heavy atom. The zero-order valence-corrected chi connectivity index (χ0v) is 19.1. The molecule has 1 amide bonds. The SMILES string of the molecule is CNC(=O)CCCC=CC[C@@H]1[C@@H](C=C[C@@H](C)COc2cccc(C(F)(F)F)c2)[C@H](O)C[C@@H]1O. The number of halogens is 3. The Bertz CT molecular complexity index is 809. The number of unbranched alkanes of at least 4 members (excludes halogenated alkanes) is 1. The highest BCUT2D eigenvalue weighted by Crippen LogP contribution is 2.36. The Kier molecular flexibility index (Phi) is 10.4. The van der Waals surface area contributed by atoms with E-state index in [1.54, 1.807) is 7.05 Å². The smallest absolute Gasteiger partial charge is 0.416 e. The van der Waals surface area contributed by atoms with Gasteiger partial charge in [0.15, 0.2) is 0 Å². The van der Waals surface area contributed by atoms with Crippen LogP contribution in [-0.2, 0) is 11.0 Å². The van der Waals surface area contributed by atoms with E-state index in [1.807, 2.05) is 31.2 Å². The molecule has 5 nitrogen and oxygen atoms in total. The van der Waals surface area contributed by atoms with Gasteiger partial charge in [0, 0.05) is 31.7 Å². The van der Waals surface area contributed by atoms with Crippen molar-refractivity contribution >= 4 is 5.91 Å². The lowest BCUT2D eigenvalue weighted by atomic mass is 9.89. The number of aliphatic hydroxyl groups excluding tert-OH is 2. The van der Waals surface area contributed by atoms with Gasteiger partial charge in [0.2, 0.25) is 5.91 Å². The number of hydrogen-bond donors (Lipinski definition) is 3. The monoisotopic (exact) mass is 469 g/mol. The number of amides is 1. The summed E-state index contributed by atoms with van der Waals surface area (Å²) >= 11 is 0. The molecule has 3 N–H and O–H groups in total. The van der Waals surface area contributed by atoms with Gasteiger partial charge in [-0.3, -0.25) is 4.79 Å². The summed E-state index contributed by atoms with van der Waals surface area (Å²) in [6, 6.07) is 4.77. The molecule has 1 aliphatic carbocycles. The third kappa shape index (κ3) is 8.85. The number of allylic oxidation sites excluding steroid dienone is 2. The van der Waals surface area contributed by atoms with Crippen molar-refractivity contribution in [2.24, 2.45) is 17.8 Å². The van der Waals surface area contributed by atoms with Gasteiger partial charge in [0.05, 0.1) is 24.4 Å². The van der Waals surface area contributed by atoms with Crippen LogP contribution in [0.25, 0.3) is 0 Å². The lowest BCUT2D eigenvalue weighted by Crippen LogP contribution is -2.20. The minimum atomic E-state index is -4.42. The third-order valence-electron chi connectivity index (χ3n) is 5.88. The van der Waals surface area contributed by atoms with Crippen molar-refractivity contribution in [1.29, 1.82) is 0 Å². The van der Waals surface area contributed by atoms with E-state index in [1.165, 1.54) is 12.1 Å². The molecule has 1 aromatic rings. The molecule has 33 heavy (non-hydrogen) atoms. The van der Waals surface area contributed by atoms with Crippen molar-refractivity contribution in [3.8, 4) is 5.75 Å². The summed E-state index contributed by atoms with van der Waals surface area (Å²) in [5.41, 5.74) is -0.754. The maximum atomic E-state index is 12.8. The molecule has 8 heteroatoms. The van der Waals surface area contributed by atoms with Gasteiger partial charge in [-0.25, -0.2) is 0 Å². The summed E-state index contributed by atoms with van der Waals surface area (Å²) in [5, 5.41) is 23.3. The lowest BCUT2D eigenvalue weighted by Gasteiger charge is -2.20. The van der Waals surface area contributed by atoms with Crippen molar-refractivity contribution < 1.29 is 32.9 Å². The van der Waals surface area contributed by atoms with Crippen LogP contribution in [0, 0.1) is 17.8 Å². The van der Waals surface area contributed by atoms with Gasteiger partial charge in [-0.15, -0.1) is 0 Å². The molecule has 0 radical (unpaired) electrons. The molecule has 0 aliphatic heterocycles. The Hall–Kier alpha value is -2.32. The average molecular weight is 470 g/mol. The molecule has 0 unspecified atom stereocenters. The van der Waals surface area contributed by atoms with Crippen LogP contribution < -0.4 is 10.1 Å². The van der Waals surface area contributed by atoms with Crippen LogP contribution in [0.3, 0.4) is 0 Å². The van der Waals surface area contributed by atoms with Gasteiger partial charge in [-0.2, -0.15) is 13.2 Å². The largest absolute Gasteiger partial charge is 0.493 e. The zero-order chi connectivity index (χ0) is 24.4. The first-order chi connectivity index (χ1) is 15.6. The van der Waals surface area contributed by atoms with Crippen molar-refractivity contribution in [3.05, 3.63) is 54.1 Å². The third-order valence-corrected chi connectivity index (χ3v) is 5.88. The van der Waals surface area contributed by atoms with E-state index in [2.05, 4.69) is 5.32 Å². The fourth-order valence-corrected chi connectivity index (χ4v) is 3.95. The van der Waals surface area contributed by atoms with Gasteiger partial charge >= 0.3 is 6.18 Å². The molecular formula is C25H34F3NO4. The molecule has 5 atom stereocenters. The molecule has 1 aromatic carbocycles. The van der Waals surface area contributed by atoms with Crippen molar-refractivity contribution in [2.45, 2.75) is 57.4 Å². The predicted molar refractivity (Wildman–Crippen MR) is 121 cm³/mol. The number of ether oxygens (including phenoxy) is 1. The molecule has 0 spiro atoms. The van der Waals surface area contributed by atoms with Crippen LogP contribution in [0.2, 0.25) is 0 Å². The summed E-state index contributed by atoms with van der Waals surface area (Å²) in [7, 11) is 1.61. The number of benzene rings is 1. The van der Waals surface area contributed by atoms with E-state index in [0.717, 1.165) is 25.0 Å². The molecule has 0 bridgehead atoms. The van der Waals surface area contributed by atoms with Crippen LogP contribution >= 0.6 is 0 Å². The number of carbonyl (C=O) groups is 1. The molecule has 2 rings (SSSR count). The number of carbonyl (C=O) groups excluding carboxylic acids is 1. The topological polar surface area (TPSA) is 78.8 Å². The number of aliphatic hydroxyl groups is 2. The van der Waals surface area contributed by atoms with E-state index >= 15 is 0 Å². The summed E-state index contributed by atoms with van der Waals surface area (Å²) in [6.45, 7) is 2.07. The number of hydrogen-bond acceptors (Lipinski definition) is 4. The Morgan fingerprint density at radius 1 is 1.27 bits per heavy atom. The van der Waals surface area contributed by atoms with E-state index in [4.69, 9.17) is 4.74 Å². The van der Waals surface area contributed by atoms with Gasteiger partial charge < -0.3 is 20.3 Å². The number of alkyl halides is 3. The van der Waals surface area contributed by atoms with Gasteiger partial charge in [-0.05, 0) is 43.4 Å². The average Bonchev–Trinajstić information content (AvgIpc) is 3.04. The summed E-state index contributed by atoms with van der Waals surface area (Å²) in [5.74, 6) is -0.269. The molecule has 184 valence electrons. The Labute approximate surface area is 193 Å². The zero-order valence-electron chi connectivity index (χ0n) is 19.1. The second-order valence-electron chi connectivity index (χ2n) is 8.58. The highest BCUT2D eigenvalue weighted by atomic mass is 19.4. The minimum Gasteiger partial charge on any atom is -0.493 e. The van der Waals surface area contributed by atoms with Crippen LogP contribution in [0.15, 0.2) is 48.6 Å². The molecule has 0 aromatic heterocycles. The Balaban J connectivity index is 1.86. The van der Waals surface area contributed by atoms with E-state index in [9.17, 15) is 28.2 Å². The molecule has 0 heterocycles. The first-order valence-corrected chi connectivity index (χ1v) is 11.3. The van der Waals surface area contributed by atoms with Crippen LogP contribution in [-0.4, -0.2) is 42.0 Å². The summed E-state index contributed by atoms with van der Waals surface area (Å²) in [6.07, 6.45) is 4.95. The van der Waals surface area contributed by atoms with E-state index in [-0.39, 0.29) is 36.0 Å². The number of rotatable bonds is 11. The normalized spacial score (nSPS) is 24.5. The van der Waals surface area contributed by atoms with Crippen molar-refractivity contribution in [1.82, 2.24) is 5.32 Å². The van der Waals surface area contributed by atoms with Crippen LogP contribution in [0.4, 0.5) is 13.2 Å². The van der Waals surface area contributed by atoms with E-state index in [0.29, 0.717) is 19.3 Å². The quantitative estimate of drug-likeness (QED) is 0.330. The van der Waals surface area contributed by atoms with Crippen LogP contribution in [0.1, 0.15) is 44.6 Å². The van der Waals surface area contributed by atoms with Gasteiger partial charge in [0.1, 0.15) is 5.75 Å². The predicted octanol–water partition coefficient (Wildman–Crippen LogP) is 4.50. The van der Waals surface area contributed by atoms with E-state index < -0.39 is 23.9 Å². The summed E-state index contributed by atoms with van der Waals surface area (Å²) < 4.78 is 44.0. The highest BCUT2D eigenvalue weighted by molar-refractivity contribution is 5.75. The maximum Gasteiger partial charge on any atom is 0.416 e. The Morgan fingerprint density at radius 3 is 2.73 bits per heavy atom. The van der Waals surface area contributed by atoms with Gasteiger partial charge in [-0.1, -0.05) is 37.3 Å². The second-order valence-corrected chi connectivity index (χ2v) is 8.58. The molecule has 1 saturated carbocycles. The van der Waals surface area contributed by atoms with Crippen molar-refractivity contribution in [2.75, 3.05) is 13.7 Å². The minimum absolute atomic E-state index is 0.00842. The van der Waals surface area contributed by atoms with Crippen molar-refractivity contribution in [3.63, 3.8) is 0 Å². The molecule has 0 saturated heterocycles. The fourth-order valence-electron chi connectivity index (χ4n) is 3.95. The standard InChI is InChI=1S/C25H34F3NO4/c1-17(16-33-19-9-7-8-18(14-19)25(26,27)28)12-13-21-20(22(30)15-23(21)31)10-5-3-4-6-11-24(32)29-2/h3,5,7-9,12-14,17,20-23,30-31H,4,6,10-11,15-16H2,1-2H3,(H,29,32)/t17-,20-,21-,22+,23-/m1/s1. The lowest BCUT2D eigenvalue weighted by molar-refractivity contribution is -0.137. The highest BCUT2D eigenvalue weighted by Gasteiger charge is 2.39. The van der Waals surface area contributed by atoms with Crippen LogP contribution in [0.5, 0.6) is 5.75 Å². The molecular weight excluding hydrogens is 435 g/mol. The molecule has 1 fully saturated rings. The number of nitrogens with one attached hydrogen (secondary N) is 1.